The fourth-order valence-electron chi connectivity index (χ4n) is 7.80. The number of nitrogens with zero attached hydrogens (tertiary/aromatic N) is 5. The molecule has 0 saturated heterocycles. The van der Waals surface area contributed by atoms with Gasteiger partial charge in [-0.15, -0.1) is 0 Å². The van der Waals surface area contributed by atoms with E-state index in [1.54, 1.807) is 86.5 Å². The van der Waals surface area contributed by atoms with Crippen molar-refractivity contribution in [2.24, 2.45) is 14.1 Å². The average molecular weight is 1000 g/mol. The van der Waals surface area contributed by atoms with Gasteiger partial charge in [0.25, 0.3) is 16.8 Å². The van der Waals surface area contributed by atoms with E-state index in [9.17, 15) is 19.7 Å². The van der Waals surface area contributed by atoms with E-state index in [1.165, 1.54) is 39.1 Å². The lowest BCUT2D eigenvalue weighted by molar-refractivity contribution is -0.383. The summed E-state index contributed by atoms with van der Waals surface area (Å²) in [6.45, 7) is 3.67. The molecule has 0 fully saturated rings. The standard InChI is InChI=1S/C24H20Cl2N4O5.C24H22Cl2N4O3/c1-12-22-13(11-27-23(12)28-15-7-5-6-8-16(15)30(32)33)9-14(24(31)29(22)2)19-20(25)17(34-3)10-18(35-4)21(19)26;1-12-22-13(11-28-23(12)29-16-8-6-5-7-15(16)27)9-14(24(31)30(22)2)19-20(25)17(32-3)10-18(33-4)21(19)26/h5-11H,1-4H3,(H,27,28);5-11H,27H2,1-4H3,(H,28,29). The van der Waals surface area contributed by atoms with Crippen molar-refractivity contribution in [3.8, 4) is 45.3 Å². The second kappa shape index (κ2) is 19.9. The average Bonchev–Trinajstić information content (AvgIpc) is 3.32. The molecule has 4 aromatic heterocycles. The highest BCUT2D eigenvalue weighted by Crippen LogP contribution is 2.47. The summed E-state index contributed by atoms with van der Waals surface area (Å²) in [5.41, 5.74) is 10.9. The van der Waals surface area contributed by atoms with Crippen molar-refractivity contribution in [1.82, 2.24) is 19.1 Å². The van der Waals surface area contributed by atoms with Gasteiger partial charge in [0.05, 0.1) is 87.0 Å². The van der Waals surface area contributed by atoms with Crippen LogP contribution in [0, 0.1) is 24.0 Å². The van der Waals surface area contributed by atoms with E-state index < -0.39 is 4.92 Å². The van der Waals surface area contributed by atoms with Crippen molar-refractivity contribution in [2.45, 2.75) is 13.8 Å². The molecule has 0 radical (unpaired) electrons. The van der Waals surface area contributed by atoms with E-state index in [1.807, 2.05) is 25.1 Å². The lowest BCUT2D eigenvalue weighted by Gasteiger charge is -2.18. The van der Waals surface area contributed by atoms with Gasteiger partial charge in [0.1, 0.15) is 40.3 Å². The number of methoxy groups -OCH3 is 4. The first-order valence-electron chi connectivity index (χ1n) is 20.3. The highest BCUT2D eigenvalue weighted by Gasteiger charge is 2.25. The van der Waals surface area contributed by atoms with Gasteiger partial charge in [-0.1, -0.05) is 70.7 Å². The number of anilines is 5. The SMILES string of the molecule is COc1cc(OC)c(Cl)c(-c2cc3cnc(Nc4ccccc4N)c(C)c3n(C)c2=O)c1Cl.COc1cc(OC)c(Cl)c(-c2cc3cnc(Nc4ccccc4[N+](=O)[O-])c(C)c3n(C)c2=O)c1Cl. The molecule has 8 aromatic rings. The number of fused-ring (bicyclic) bond motifs is 2. The van der Waals surface area contributed by atoms with Crippen LogP contribution in [0.3, 0.4) is 0 Å². The van der Waals surface area contributed by atoms with Crippen LogP contribution >= 0.6 is 46.4 Å². The molecule has 0 spiro atoms. The van der Waals surface area contributed by atoms with Crippen molar-refractivity contribution in [2.75, 3.05) is 44.8 Å². The number of benzene rings is 4. The second-order valence-corrected chi connectivity index (χ2v) is 16.6. The summed E-state index contributed by atoms with van der Waals surface area (Å²) in [6.07, 6.45) is 3.26. The first-order chi connectivity index (χ1) is 32.5. The molecule has 20 heteroatoms. The van der Waals surface area contributed by atoms with Crippen LogP contribution in [0.25, 0.3) is 44.1 Å². The molecule has 8 rings (SSSR count). The fraction of sp³-hybridized carbons (Fsp3) is 0.167. The first kappa shape index (κ1) is 48.7. The predicted molar refractivity (Wildman–Crippen MR) is 271 cm³/mol. The molecular formula is C48H42Cl4N8O8. The number of nitro benzene ring substituents is 1. The molecular weight excluding hydrogens is 958 g/mol. The van der Waals surface area contributed by atoms with Gasteiger partial charge in [-0.3, -0.25) is 19.7 Å². The molecule has 0 aliphatic carbocycles. The molecule has 4 heterocycles. The van der Waals surface area contributed by atoms with Gasteiger partial charge in [0, 0.05) is 77.7 Å². The number of nitrogens with one attached hydrogen (secondary N) is 2. The molecule has 0 unspecified atom stereocenters. The van der Waals surface area contributed by atoms with E-state index in [0.717, 1.165) is 22.2 Å². The quantitative estimate of drug-likeness (QED) is 0.0628. The Labute approximate surface area is 408 Å². The van der Waals surface area contributed by atoms with Crippen molar-refractivity contribution < 1.29 is 23.9 Å². The number of rotatable bonds is 11. The van der Waals surface area contributed by atoms with Crippen LogP contribution in [0.15, 0.2) is 94.8 Å². The summed E-state index contributed by atoms with van der Waals surface area (Å²) in [5, 5.41) is 19.8. The van der Waals surface area contributed by atoms with Gasteiger partial charge < -0.3 is 44.4 Å². The van der Waals surface area contributed by atoms with Gasteiger partial charge in [-0.05, 0) is 44.2 Å². The van der Waals surface area contributed by atoms with Gasteiger partial charge in [0.2, 0.25) is 0 Å². The molecule has 0 aliphatic rings. The molecule has 0 bridgehead atoms. The summed E-state index contributed by atoms with van der Waals surface area (Å²) >= 11 is 26.2. The third-order valence-electron chi connectivity index (χ3n) is 11.2. The zero-order valence-corrected chi connectivity index (χ0v) is 40.7. The smallest absolute Gasteiger partial charge is 0.292 e. The van der Waals surface area contributed by atoms with Crippen molar-refractivity contribution in [3.05, 3.63) is 147 Å². The van der Waals surface area contributed by atoms with E-state index >= 15 is 0 Å². The summed E-state index contributed by atoms with van der Waals surface area (Å²) in [7, 11) is 9.19. The van der Waals surface area contributed by atoms with Gasteiger partial charge >= 0.3 is 0 Å². The van der Waals surface area contributed by atoms with Crippen molar-refractivity contribution in [3.63, 3.8) is 0 Å². The molecule has 350 valence electrons. The number of aromatic nitrogens is 4. The minimum atomic E-state index is -0.476. The number of ether oxygens (including phenoxy) is 4. The largest absolute Gasteiger partial charge is 0.495 e. The Morgan fingerprint density at radius 3 is 1.35 bits per heavy atom. The van der Waals surface area contributed by atoms with Crippen LogP contribution in [-0.4, -0.2) is 52.5 Å². The number of nitrogen functional groups attached to an aromatic ring is 1. The molecule has 16 nitrogen and oxygen atoms in total. The van der Waals surface area contributed by atoms with Crippen LogP contribution in [0.4, 0.5) is 34.4 Å². The molecule has 4 N–H and O–H groups in total. The van der Waals surface area contributed by atoms with Crippen LogP contribution in [0.1, 0.15) is 11.1 Å². The van der Waals surface area contributed by atoms with Crippen molar-refractivity contribution >= 4 is 103 Å². The number of hydrogen-bond acceptors (Lipinski definition) is 13. The third-order valence-corrected chi connectivity index (χ3v) is 12.7. The summed E-state index contributed by atoms with van der Waals surface area (Å²) in [6, 6.07) is 20.2. The lowest BCUT2D eigenvalue weighted by Crippen LogP contribution is -2.20. The number of nitro groups is 1. The minimum Gasteiger partial charge on any atom is -0.495 e. The van der Waals surface area contributed by atoms with Crippen LogP contribution < -0.4 is 46.4 Å². The normalized spacial score (nSPS) is 10.9. The number of hydrogen-bond donors (Lipinski definition) is 3. The monoisotopic (exact) mass is 998 g/mol. The Bertz CT molecular complexity index is 3400. The first-order valence-corrected chi connectivity index (χ1v) is 21.8. The molecule has 0 amide bonds. The topological polar surface area (TPSA) is 200 Å². The van der Waals surface area contributed by atoms with E-state index in [2.05, 4.69) is 20.6 Å². The second-order valence-electron chi connectivity index (χ2n) is 15.1. The van der Waals surface area contributed by atoms with Crippen LogP contribution in [0.2, 0.25) is 20.1 Å². The van der Waals surface area contributed by atoms with Gasteiger partial charge in [-0.25, -0.2) is 9.97 Å². The maximum atomic E-state index is 13.5. The Hall–Kier alpha value is -7.24. The maximum Gasteiger partial charge on any atom is 0.292 e. The van der Waals surface area contributed by atoms with E-state index in [4.69, 9.17) is 71.1 Å². The van der Waals surface area contributed by atoms with E-state index in [-0.39, 0.29) is 53.7 Å². The molecule has 0 atom stereocenters. The van der Waals surface area contributed by atoms with Gasteiger partial charge in [-0.2, -0.15) is 0 Å². The Morgan fingerprint density at radius 2 is 0.971 bits per heavy atom. The lowest BCUT2D eigenvalue weighted by atomic mass is 10.0. The molecule has 4 aromatic carbocycles. The predicted octanol–water partition coefficient (Wildman–Crippen LogP) is 11.4. The highest BCUT2D eigenvalue weighted by atomic mass is 35.5. The number of pyridine rings is 4. The highest BCUT2D eigenvalue weighted by molar-refractivity contribution is 6.42. The van der Waals surface area contributed by atoms with Gasteiger partial charge in [0.15, 0.2) is 0 Å². The van der Waals surface area contributed by atoms with Crippen LogP contribution in [0.5, 0.6) is 23.0 Å². The fourth-order valence-corrected chi connectivity index (χ4v) is 9.21. The Balaban J connectivity index is 0.000000202. The van der Waals surface area contributed by atoms with Crippen LogP contribution in [-0.2, 0) is 14.1 Å². The van der Waals surface area contributed by atoms with Crippen molar-refractivity contribution in [1.29, 1.82) is 0 Å². The maximum absolute atomic E-state index is 13.5. The molecule has 0 aliphatic heterocycles. The zero-order chi connectivity index (χ0) is 49.3. The summed E-state index contributed by atoms with van der Waals surface area (Å²) in [5.74, 6) is 2.30. The third kappa shape index (κ3) is 8.86. The number of halogens is 4. The molecule has 0 saturated carbocycles. The number of para-hydroxylation sites is 4. The number of nitrogens with two attached hydrogens (primary N) is 1. The minimum absolute atomic E-state index is 0.0886. The zero-order valence-electron chi connectivity index (χ0n) is 37.7. The Morgan fingerprint density at radius 1 is 0.603 bits per heavy atom. The van der Waals surface area contributed by atoms with E-state index in [0.29, 0.717) is 67.9 Å². The summed E-state index contributed by atoms with van der Waals surface area (Å²) in [4.78, 5) is 46.9. The number of aryl methyl sites for hydroxylation is 4. The summed E-state index contributed by atoms with van der Waals surface area (Å²) < 4.78 is 24.4. The molecule has 68 heavy (non-hydrogen) atoms. The Kier molecular flexibility index (Phi) is 14.3.